The highest BCUT2D eigenvalue weighted by atomic mass is 32.2. The topological polar surface area (TPSA) is 119 Å². The maximum absolute atomic E-state index is 12.5. The SMILES string of the molecule is O=C(N/N=C/c1ccc(O)cc1O)c1ccc(S(=O)(=O)N2CCCC2)cc1. The molecule has 0 saturated carbocycles. The van der Waals surface area contributed by atoms with Crippen LogP contribution in [0.25, 0.3) is 0 Å². The highest BCUT2D eigenvalue weighted by molar-refractivity contribution is 7.89. The molecule has 0 aliphatic carbocycles. The Kier molecular flexibility index (Phi) is 5.43. The smallest absolute Gasteiger partial charge is 0.271 e. The van der Waals surface area contributed by atoms with Crippen molar-refractivity contribution in [3.8, 4) is 11.5 Å². The number of phenolic OH excluding ortho intramolecular Hbond substituents is 2. The Bertz CT molecular complexity index is 965. The van der Waals surface area contributed by atoms with E-state index in [0.29, 0.717) is 18.7 Å². The van der Waals surface area contributed by atoms with E-state index in [1.165, 1.54) is 46.9 Å². The minimum atomic E-state index is -3.52. The van der Waals surface area contributed by atoms with Crippen LogP contribution in [0.4, 0.5) is 0 Å². The monoisotopic (exact) mass is 389 g/mol. The van der Waals surface area contributed by atoms with Crippen molar-refractivity contribution in [1.82, 2.24) is 9.73 Å². The summed E-state index contributed by atoms with van der Waals surface area (Å²) in [5, 5.41) is 22.6. The van der Waals surface area contributed by atoms with Gasteiger partial charge in [0.2, 0.25) is 10.0 Å². The van der Waals surface area contributed by atoms with Gasteiger partial charge in [-0.1, -0.05) is 0 Å². The number of benzene rings is 2. The van der Waals surface area contributed by atoms with Gasteiger partial charge < -0.3 is 10.2 Å². The van der Waals surface area contributed by atoms with Gasteiger partial charge >= 0.3 is 0 Å². The predicted molar refractivity (Wildman–Crippen MR) is 99.3 cm³/mol. The minimum absolute atomic E-state index is 0.0855. The number of phenols is 2. The summed E-state index contributed by atoms with van der Waals surface area (Å²) in [6, 6.07) is 9.62. The van der Waals surface area contributed by atoms with E-state index in [-0.39, 0.29) is 22.0 Å². The van der Waals surface area contributed by atoms with Crippen molar-refractivity contribution in [2.75, 3.05) is 13.1 Å². The molecule has 1 amide bonds. The van der Waals surface area contributed by atoms with E-state index in [0.717, 1.165) is 18.9 Å². The zero-order valence-corrected chi connectivity index (χ0v) is 15.2. The third-order valence-electron chi connectivity index (χ3n) is 4.20. The van der Waals surface area contributed by atoms with E-state index in [9.17, 15) is 23.4 Å². The summed E-state index contributed by atoms with van der Waals surface area (Å²) in [5.74, 6) is -0.781. The second-order valence-corrected chi connectivity index (χ2v) is 8.02. The fourth-order valence-electron chi connectivity index (χ4n) is 2.72. The Balaban J connectivity index is 1.66. The Morgan fingerprint density at radius 2 is 1.74 bits per heavy atom. The van der Waals surface area contributed by atoms with Gasteiger partial charge in [0.1, 0.15) is 11.5 Å². The molecule has 1 saturated heterocycles. The van der Waals surface area contributed by atoms with Crippen LogP contribution in [-0.4, -0.2) is 48.1 Å². The zero-order valence-electron chi connectivity index (χ0n) is 14.4. The lowest BCUT2D eigenvalue weighted by Crippen LogP contribution is -2.28. The highest BCUT2D eigenvalue weighted by Gasteiger charge is 2.27. The summed E-state index contributed by atoms with van der Waals surface area (Å²) in [6.07, 6.45) is 2.95. The largest absolute Gasteiger partial charge is 0.508 e. The van der Waals surface area contributed by atoms with Crippen molar-refractivity contribution in [2.45, 2.75) is 17.7 Å². The number of nitrogens with one attached hydrogen (secondary N) is 1. The van der Waals surface area contributed by atoms with Gasteiger partial charge in [0.25, 0.3) is 5.91 Å². The number of aromatic hydroxyl groups is 2. The Morgan fingerprint density at radius 1 is 1.07 bits per heavy atom. The van der Waals surface area contributed by atoms with Crippen molar-refractivity contribution in [3.05, 3.63) is 53.6 Å². The average molecular weight is 389 g/mol. The average Bonchev–Trinajstić information content (AvgIpc) is 3.19. The van der Waals surface area contributed by atoms with E-state index in [1.54, 1.807) is 0 Å². The summed E-state index contributed by atoms with van der Waals surface area (Å²) in [7, 11) is -3.52. The molecule has 27 heavy (non-hydrogen) atoms. The normalized spacial score (nSPS) is 15.3. The molecular formula is C18H19N3O5S. The molecule has 142 valence electrons. The summed E-state index contributed by atoms with van der Waals surface area (Å²) >= 11 is 0. The van der Waals surface area contributed by atoms with Crippen molar-refractivity contribution in [1.29, 1.82) is 0 Å². The van der Waals surface area contributed by atoms with Gasteiger partial charge in [0, 0.05) is 30.3 Å². The molecule has 3 N–H and O–H groups in total. The molecule has 2 aromatic rings. The lowest BCUT2D eigenvalue weighted by molar-refractivity contribution is 0.0955. The predicted octanol–water partition coefficient (Wildman–Crippen LogP) is 1.65. The fraction of sp³-hybridized carbons (Fsp3) is 0.222. The summed E-state index contributed by atoms with van der Waals surface area (Å²) < 4.78 is 26.4. The van der Waals surface area contributed by atoms with E-state index in [2.05, 4.69) is 10.5 Å². The van der Waals surface area contributed by atoms with Crippen LogP contribution in [0.5, 0.6) is 11.5 Å². The van der Waals surface area contributed by atoms with Gasteiger partial charge in [-0.3, -0.25) is 4.79 Å². The molecule has 0 radical (unpaired) electrons. The number of amides is 1. The molecule has 1 fully saturated rings. The number of nitrogens with zero attached hydrogens (tertiary/aromatic N) is 2. The summed E-state index contributed by atoms with van der Waals surface area (Å²) in [6.45, 7) is 1.03. The number of carbonyl (C=O) groups is 1. The summed E-state index contributed by atoms with van der Waals surface area (Å²) in [4.78, 5) is 12.3. The quantitative estimate of drug-likeness (QED) is 0.531. The van der Waals surface area contributed by atoms with E-state index >= 15 is 0 Å². The lowest BCUT2D eigenvalue weighted by Gasteiger charge is -2.15. The second kappa shape index (κ2) is 7.77. The van der Waals surface area contributed by atoms with Gasteiger partial charge in [-0.2, -0.15) is 9.41 Å². The Labute approximate surface area is 156 Å². The molecular weight excluding hydrogens is 370 g/mol. The number of carbonyl (C=O) groups excluding carboxylic acids is 1. The van der Waals surface area contributed by atoms with Crippen LogP contribution < -0.4 is 5.43 Å². The van der Waals surface area contributed by atoms with E-state index in [1.807, 2.05) is 0 Å². The Hall–Kier alpha value is -2.91. The fourth-order valence-corrected chi connectivity index (χ4v) is 4.24. The molecule has 3 rings (SSSR count). The number of hydrogen-bond donors (Lipinski definition) is 3. The van der Waals surface area contributed by atoms with Crippen molar-refractivity contribution >= 4 is 22.1 Å². The van der Waals surface area contributed by atoms with Gasteiger partial charge in [-0.25, -0.2) is 13.8 Å². The first-order valence-corrected chi connectivity index (χ1v) is 9.77. The molecule has 1 heterocycles. The first-order valence-electron chi connectivity index (χ1n) is 8.33. The van der Waals surface area contributed by atoms with Crippen LogP contribution in [0, 0.1) is 0 Å². The van der Waals surface area contributed by atoms with E-state index < -0.39 is 15.9 Å². The van der Waals surface area contributed by atoms with Crippen LogP contribution in [-0.2, 0) is 10.0 Å². The maximum Gasteiger partial charge on any atom is 0.271 e. The molecule has 8 nitrogen and oxygen atoms in total. The van der Waals surface area contributed by atoms with E-state index in [4.69, 9.17) is 0 Å². The number of hydrogen-bond acceptors (Lipinski definition) is 6. The molecule has 1 aliphatic heterocycles. The maximum atomic E-state index is 12.5. The molecule has 0 unspecified atom stereocenters. The molecule has 2 aromatic carbocycles. The lowest BCUT2D eigenvalue weighted by atomic mass is 10.2. The first-order chi connectivity index (χ1) is 12.9. The number of hydrazone groups is 1. The van der Waals surface area contributed by atoms with Crippen LogP contribution in [0.2, 0.25) is 0 Å². The number of rotatable bonds is 5. The van der Waals surface area contributed by atoms with Crippen molar-refractivity contribution in [3.63, 3.8) is 0 Å². The van der Waals surface area contributed by atoms with Crippen LogP contribution in [0.15, 0.2) is 52.5 Å². The van der Waals surface area contributed by atoms with Crippen molar-refractivity contribution in [2.24, 2.45) is 5.10 Å². The van der Waals surface area contributed by atoms with Crippen LogP contribution in [0.3, 0.4) is 0 Å². The standard InChI is InChI=1S/C18H19N3O5S/c22-15-6-3-14(17(23)11-15)12-19-20-18(24)13-4-7-16(8-5-13)27(25,26)21-9-1-2-10-21/h3-8,11-12,22-23H,1-2,9-10H2,(H,20,24)/b19-12+. The first kappa shape index (κ1) is 18.9. The second-order valence-electron chi connectivity index (χ2n) is 6.08. The van der Waals surface area contributed by atoms with Gasteiger partial charge in [0.15, 0.2) is 0 Å². The molecule has 9 heteroatoms. The molecule has 0 spiro atoms. The molecule has 1 aliphatic rings. The molecule has 0 atom stereocenters. The minimum Gasteiger partial charge on any atom is -0.508 e. The van der Waals surface area contributed by atoms with Gasteiger partial charge in [-0.05, 0) is 49.2 Å². The zero-order chi connectivity index (χ0) is 19.4. The van der Waals surface area contributed by atoms with Gasteiger partial charge in [-0.15, -0.1) is 0 Å². The molecule has 0 aromatic heterocycles. The van der Waals surface area contributed by atoms with Gasteiger partial charge in [0.05, 0.1) is 11.1 Å². The molecule has 0 bridgehead atoms. The number of sulfonamides is 1. The van der Waals surface area contributed by atoms with Crippen LogP contribution >= 0.6 is 0 Å². The van der Waals surface area contributed by atoms with Crippen molar-refractivity contribution < 1.29 is 23.4 Å². The van der Waals surface area contributed by atoms with Crippen LogP contribution in [0.1, 0.15) is 28.8 Å². The Morgan fingerprint density at radius 3 is 2.37 bits per heavy atom. The third-order valence-corrected chi connectivity index (χ3v) is 6.12. The summed E-state index contributed by atoms with van der Waals surface area (Å²) in [5.41, 5.74) is 2.87. The third kappa shape index (κ3) is 4.26. The highest BCUT2D eigenvalue weighted by Crippen LogP contribution is 2.22.